The molecular weight excluding hydrogens is 374 g/mol. The summed E-state index contributed by atoms with van der Waals surface area (Å²) in [5.74, 6) is -2.53. The molecule has 2 aromatic carbocycles. The van der Waals surface area contributed by atoms with Gasteiger partial charge in [-0.05, 0) is 17.9 Å². The Balaban J connectivity index is 0.00000288. The summed E-state index contributed by atoms with van der Waals surface area (Å²) in [7, 11) is -4.33. The van der Waals surface area contributed by atoms with E-state index in [4.69, 9.17) is 0 Å². The molecule has 0 amide bonds. The molecule has 0 heterocycles. The molecule has 0 atom stereocenters. The van der Waals surface area contributed by atoms with Crippen LogP contribution < -0.4 is 74.0 Å². The first-order valence-corrected chi connectivity index (χ1v) is 7.49. The van der Waals surface area contributed by atoms with Crippen molar-refractivity contribution in [2.75, 3.05) is 4.72 Å². The molecule has 0 bridgehead atoms. The molecular formula is C13H8N2Na2O7S. The van der Waals surface area contributed by atoms with Gasteiger partial charge in [-0.15, -0.1) is 0 Å². The second kappa shape index (κ2) is 9.53. The first kappa shape index (κ1) is 23.9. The van der Waals surface area contributed by atoms with Crippen LogP contribution in [0, 0.1) is 10.1 Å². The second-order valence-corrected chi connectivity index (χ2v) is 6.01. The summed E-state index contributed by atoms with van der Waals surface area (Å²) in [6.07, 6.45) is 0. The summed E-state index contributed by atoms with van der Waals surface area (Å²) in [5.41, 5.74) is -1.56. The van der Waals surface area contributed by atoms with Crippen molar-refractivity contribution >= 4 is 27.4 Å². The van der Waals surface area contributed by atoms with Crippen molar-refractivity contribution in [1.29, 1.82) is 0 Å². The molecule has 0 spiro atoms. The molecule has 0 aliphatic heterocycles. The van der Waals surface area contributed by atoms with Gasteiger partial charge in [-0.25, -0.2) is 8.42 Å². The Morgan fingerprint density at radius 2 is 1.68 bits per heavy atom. The van der Waals surface area contributed by atoms with Gasteiger partial charge in [0, 0.05) is 11.6 Å². The van der Waals surface area contributed by atoms with E-state index in [9.17, 15) is 33.5 Å². The van der Waals surface area contributed by atoms with Gasteiger partial charge in [0.25, 0.3) is 15.7 Å². The zero-order valence-electron chi connectivity index (χ0n) is 13.3. The third-order valence-electron chi connectivity index (χ3n) is 2.83. The second-order valence-electron chi connectivity index (χ2n) is 4.33. The molecule has 0 fully saturated rings. The van der Waals surface area contributed by atoms with Crippen molar-refractivity contribution in [3.05, 3.63) is 58.1 Å². The number of carbonyl (C=O) groups is 1. The van der Waals surface area contributed by atoms with Crippen molar-refractivity contribution in [3.63, 3.8) is 0 Å². The van der Waals surface area contributed by atoms with Gasteiger partial charge >= 0.3 is 59.1 Å². The van der Waals surface area contributed by atoms with Crippen molar-refractivity contribution in [3.8, 4) is 5.75 Å². The Bertz CT molecular complexity index is 903. The molecule has 9 nitrogen and oxygen atoms in total. The summed E-state index contributed by atoms with van der Waals surface area (Å²) in [4.78, 5) is 20.1. The Kier molecular flexibility index (Phi) is 9.09. The summed E-state index contributed by atoms with van der Waals surface area (Å²) in [6, 6.07) is 7.34. The molecule has 25 heavy (non-hydrogen) atoms. The van der Waals surface area contributed by atoms with Crippen LogP contribution >= 0.6 is 0 Å². The molecule has 0 radical (unpaired) electrons. The van der Waals surface area contributed by atoms with Crippen molar-refractivity contribution in [1.82, 2.24) is 0 Å². The number of nitro groups is 1. The predicted molar refractivity (Wildman–Crippen MR) is 74.1 cm³/mol. The van der Waals surface area contributed by atoms with Crippen LogP contribution in [0.5, 0.6) is 5.75 Å². The summed E-state index contributed by atoms with van der Waals surface area (Å²) >= 11 is 0. The van der Waals surface area contributed by atoms with Gasteiger partial charge < -0.3 is 15.0 Å². The van der Waals surface area contributed by atoms with Gasteiger partial charge in [0.15, 0.2) is 0 Å². The number of hydrogen-bond donors (Lipinski definition) is 1. The molecule has 0 saturated heterocycles. The van der Waals surface area contributed by atoms with Crippen molar-refractivity contribution in [2.24, 2.45) is 0 Å². The van der Waals surface area contributed by atoms with Crippen molar-refractivity contribution < 1.29 is 87.5 Å². The number of rotatable bonds is 5. The molecule has 0 aromatic heterocycles. The number of para-hydroxylation sites is 1. The third kappa shape index (κ3) is 5.68. The van der Waals surface area contributed by atoms with Gasteiger partial charge in [0.2, 0.25) is 0 Å². The molecule has 0 saturated carbocycles. The zero-order valence-corrected chi connectivity index (χ0v) is 18.1. The van der Waals surface area contributed by atoms with E-state index in [2.05, 4.69) is 0 Å². The average Bonchev–Trinajstić information content (AvgIpc) is 2.47. The van der Waals surface area contributed by atoms with E-state index in [0.717, 1.165) is 18.2 Å². The van der Waals surface area contributed by atoms with Gasteiger partial charge in [0.05, 0.1) is 21.5 Å². The fourth-order valence-corrected chi connectivity index (χ4v) is 2.86. The van der Waals surface area contributed by atoms with Crippen LogP contribution in [0.1, 0.15) is 10.4 Å². The molecule has 120 valence electrons. The molecule has 2 aromatic rings. The SMILES string of the molecule is O=C([O-])c1ccccc1NS(=O)(=O)c1ccc([O-])c([N+](=O)[O-])c1.[Na+].[Na+]. The number of carboxylic acids is 1. The van der Waals surface area contributed by atoms with E-state index in [-0.39, 0.29) is 64.8 Å². The van der Waals surface area contributed by atoms with Crippen LogP contribution in [0.2, 0.25) is 0 Å². The van der Waals surface area contributed by atoms with Crippen LogP contribution in [0.3, 0.4) is 0 Å². The molecule has 12 heteroatoms. The molecule has 0 aliphatic carbocycles. The number of nitrogens with zero attached hydrogens (tertiary/aromatic N) is 1. The normalized spacial score (nSPS) is 10.1. The number of sulfonamides is 1. The maximum Gasteiger partial charge on any atom is 1.00 e. The van der Waals surface area contributed by atoms with E-state index in [1.165, 1.54) is 18.2 Å². The maximum absolute atomic E-state index is 12.2. The Morgan fingerprint density at radius 1 is 1.08 bits per heavy atom. The maximum atomic E-state index is 12.2. The summed E-state index contributed by atoms with van der Waals surface area (Å²) in [6.45, 7) is 0. The minimum atomic E-state index is -4.33. The fraction of sp³-hybridized carbons (Fsp3) is 0. The molecule has 1 N–H and O–H groups in total. The van der Waals surface area contributed by atoms with Crippen molar-refractivity contribution in [2.45, 2.75) is 4.90 Å². The first-order valence-electron chi connectivity index (χ1n) is 6.01. The van der Waals surface area contributed by atoms with E-state index in [1.807, 2.05) is 4.72 Å². The van der Waals surface area contributed by atoms with E-state index >= 15 is 0 Å². The number of nitro benzene ring substituents is 1. The molecule has 0 unspecified atom stereocenters. The number of aromatic carboxylic acids is 1. The largest absolute Gasteiger partial charge is 1.00 e. The predicted octanol–water partition coefficient (Wildman–Crippen LogP) is -6.16. The topological polar surface area (TPSA) is 152 Å². The van der Waals surface area contributed by atoms with Crippen LogP contribution in [0.25, 0.3) is 0 Å². The van der Waals surface area contributed by atoms with Gasteiger partial charge in [-0.2, -0.15) is 0 Å². The molecule has 0 aliphatic rings. The first-order chi connectivity index (χ1) is 10.7. The van der Waals surface area contributed by atoms with E-state index < -0.39 is 42.8 Å². The Morgan fingerprint density at radius 3 is 2.24 bits per heavy atom. The number of carbonyl (C=O) groups excluding carboxylic acids is 1. The van der Waals surface area contributed by atoms with Crippen LogP contribution in [0.15, 0.2) is 47.4 Å². The minimum Gasteiger partial charge on any atom is -0.868 e. The third-order valence-corrected chi connectivity index (χ3v) is 4.19. The quantitative estimate of drug-likeness (QED) is 0.307. The van der Waals surface area contributed by atoms with Crippen LogP contribution in [0.4, 0.5) is 11.4 Å². The number of nitrogens with one attached hydrogen (secondary N) is 1. The van der Waals surface area contributed by atoms with E-state index in [0.29, 0.717) is 6.07 Å². The average molecular weight is 382 g/mol. The minimum absolute atomic E-state index is 0. The van der Waals surface area contributed by atoms with Gasteiger partial charge in [0.1, 0.15) is 0 Å². The number of hydrogen-bond acceptors (Lipinski definition) is 7. The van der Waals surface area contributed by atoms with Gasteiger partial charge in [-0.3, -0.25) is 14.8 Å². The Labute approximate surface area is 186 Å². The number of benzene rings is 2. The number of carboxylic acid groups (broad SMARTS) is 1. The molecule has 2 rings (SSSR count). The van der Waals surface area contributed by atoms with Crippen LogP contribution in [-0.2, 0) is 10.0 Å². The van der Waals surface area contributed by atoms with Crippen LogP contribution in [-0.4, -0.2) is 19.3 Å². The monoisotopic (exact) mass is 382 g/mol. The van der Waals surface area contributed by atoms with Gasteiger partial charge in [-0.1, -0.05) is 24.3 Å². The smallest absolute Gasteiger partial charge is 0.868 e. The fourth-order valence-electron chi connectivity index (χ4n) is 1.76. The standard InChI is InChI=1S/C13H10N2O7S.2Na/c16-12-6-5-8(7-11(12)15(19)20)23(21,22)14-10-4-2-1-3-9(10)13(17)18;;/h1-7,14,16H,(H,17,18);;/q;2*+1/p-2. The summed E-state index contributed by atoms with van der Waals surface area (Å²) in [5, 5.41) is 33.0. The zero-order chi connectivity index (χ0) is 17.2. The number of anilines is 1. The Hall–Kier alpha value is -1.14. The van der Waals surface area contributed by atoms with E-state index in [1.54, 1.807) is 0 Å². The summed E-state index contributed by atoms with van der Waals surface area (Å²) < 4.78 is 26.4.